The second kappa shape index (κ2) is 4.58. The van der Waals surface area contributed by atoms with Crippen molar-refractivity contribution in [3.8, 4) is 0 Å². The van der Waals surface area contributed by atoms with Crippen LogP contribution < -0.4 is 10.6 Å². The van der Waals surface area contributed by atoms with Gasteiger partial charge in [-0.2, -0.15) is 4.98 Å². The van der Waals surface area contributed by atoms with Crippen LogP contribution in [-0.2, 0) is 0 Å². The Morgan fingerprint density at radius 3 is 2.40 bits per heavy atom. The van der Waals surface area contributed by atoms with Crippen LogP contribution in [0.4, 0.5) is 11.8 Å². The first-order valence-electron chi connectivity index (χ1n) is 7.77. The summed E-state index contributed by atoms with van der Waals surface area (Å²) in [6.07, 6.45) is 3.84. The average molecular weight is 273 g/mol. The van der Waals surface area contributed by atoms with E-state index in [0.717, 1.165) is 36.4 Å². The van der Waals surface area contributed by atoms with Gasteiger partial charge in [0.2, 0.25) is 5.95 Å². The summed E-state index contributed by atoms with van der Waals surface area (Å²) in [7, 11) is 2.22. The molecule has 5 heteroatoms. The van der Waals surface area contributed by atoms with Crippen molar-refractivity contribution in [1.29, 1.82) is 0 Å². The van der Waals surface area contributed by atoms with Crippen LogP contribution in [0, 0.1) is 11.8 Å². The summed E-state index contributed by atoms with van der Waals surface area (Å²) in [5.74, 6) is 3.70. The molecule has 0 radical (unpaired) electrons. The van der Waals surface area contributed by atoms with E-state index in [9.17, 15) is 0 Å². The molecule has 1 saturated carbocycles. The van der Waals surface area contributed by atoms with Crippen LogP contribution in [0.2, 0.25) is 0 Å². The van der Waals surface area contributed by atoms with Crippen molar-refractivity contribution < 1.29 is 0 Å². The third-order valence-corrected chi connectivity index (χ3v) is 5.27. The van der Waals surface area contributed by atoms with Crippen molar-refractivity contribution >= 4 is 11.8 Å². The molecule has 1 aromatic heterocycles. The first-order chi connectivity index (χ1) is 9.69. The summed E-state index contributed by atoms with van der Waals surface area (Å²) in [6.45, 7) is 4.68. The molecule has 2 aliphatic heterocycles. The number of hydrogen-bond donors (Lipinski definition) is 1. The minimum atomic E-state index is 0.443. The number of fused-ring (bicyclic) bond motifs is 1. The molecule has 3 heterocycles. The lowest BCUT2D eigenvalue weighted by atomic mass is 9.83. The van der Waals surface area contributed by atoms with Gasteiger partial charge in [-0.1, -0.05) is 6.42 Å². The Kier molecular flexibility index (Phi) is 2.84. The van der Waals surface area contributed by atoms with Crippen LogP contribution in [0.3, 0.4) is 0 Å². The fourth-order valence-corrected chi connectivity index (χ4v) is 3.96. The van der Waals surface area contributed by atoms with E-state index in [0.29, 0.717) is 11.9 Å². The average Bonchev–Trinajstić information content (AvgIpc) is 2.82. The number of anilines is 2. The molecule has 0 spiro atoms. The van der Waals surface area contributed by atoms with Gasteiger partial charge in [0.25, 0.3) is 0 Å². The molecule has 4 rings (SSSR count). The second-order valence-corrected chi connectivity index (χ2v) is 6.78. The lowest BCUT2D eigenvalue weighted by molar-refractivity contribution is 0.386. The molecular weight excluding hydrogens is 250 g/mol. The Balaban J connectivity index is 1.55. The van der Waals surface area contributed by atoms with Gasteiger partial charge in [0.05, 0.1) is 5.69 Å². The third-order valence-electron chi connectivity index (χ3n) is 5.27. The van der Waals surface area contributed by atoms with Gasteiger partial charge in [0, 0.05) is 38.2 Å². The second-order valence-electron chi connectivity index (χ2n) is 6.78. The summed E-state index contributed by atoms with van der Waals surface area (Å²) in [4.78, 5) is 13.8. The minimum absolute atomic E-state index is 0.443. The van der Waals surface area contributed by atoms with E-state index < -0.39 is 0 Å². The van der Waals surface area contributed by atoms with Gasteiger partial charge in [0.1, 0.15) is 5.82 Å². The number of hydrogen-bond acceptors (Lipinski definition) is 5. The van der Waals surface area contributed by atoms with E-state index in [-0.39, 0.29) is 0 Å². The first-order valence-corrected chi connectivity index (χ1v) is 7.77. The first kappa shape index (κ1) is 12.4. The SMILES string of the molecule is CN1CC2CN(c3cc(C4CCC4)nc(N)n3)CC2C1. The molecular formula is C15H23N5. The maximum absolute atomic E-state index is 5.92. The number of aromatic nitrogens is 2. The van der Waals surface area contributed by atoms with Crippen LogP contribution in [-0.4, -0.2) is 48.1 Å². The van der Waals surface area contributed by atoms with E-state index in [1.807, 2.05) is 0 Å². The zero-order valence-corrected chi connectivity index (χ0v) is 12.1. The van der Waals surface area contributed by atoms with Crippen molar-refractivity contribution in [2.75, 3.05) is 43.9 Å². The summed E-state index contributed by atoms with van der Waals surface area (Å²) < 4.78 is 0. The molecule has 1 aromatic rings. The van der Waals surface area contributed by atoms with Gasteiger partial charge in [-0.3, -0.25) is 0 Å². The minimum Gasteiger partial charge on any atom is -0.368 e. The van der Waals surface area contributed by atoms with Crippen LogP contribution in [0.15, 0.2) is 6.07 Å². The summed E-state index contributed by atoms with van der Waals surface area (Å²) >= 11 is 0. The number of nitrogen functional groups attached to an aromatic ring is 1. The molecule has 0 aromatic carbocycles. The quantitative estimate of drug-likeness (QED) is 0.881. The monoisotopic (exact) mass is 273 g/mol. The molecule has 20 heavy (non-hydrogen) atoms. The molecule has 0 bridgehead atoms. The Hall–Kier alpha value is -1.36. The molecule has 0 amide bonds. The highest BCUT2D eigenvalue weighted by molar-refractivity contribution is 5.46. The van der Waals surface area contributed by atoms with Gasteiger partial charge in [-0.15, -0.1) is 0 Å². The van der Waals surface area contributed by atoms with Crippen molar-refractivity contribution in [3.05, 3.63) is 11.8 Å². The lowest BCUT2D eigenvalue weighted by Gasteiger charge is -2.26. The van der Waals surface area contributed by atoms with E-state index in [1.54, 1.807) is 0 Å². The van der Waals surface area contributed by atoms with Crippen molar-refractivity contribution in [2.45, 2.75) is 25.2 Å². The smallest absolute Gasteiger partial charge is 0.222 e. The van der Waals surface area contributed by atoms with E-state index in [4.69, 9.17) is 5.73 Å². The molecule has 3 aliphatic rings. The lowest BCUT2D eigenvalue weighted by Crippen LogP contribution is -2.28. The zero-order valence-electron chi connectivity index (χ0n) is 12.1. The summed E-state index contributed by atoms with van der Waals surface area (Å²) in [6, 6.07) is 2.19. The number of rotatable bonds is 2. The highest BCUT2D eigenvalue weighted by Crippen LogP contribution is 2.38. The van der Waals surface area contributed by atoms with Gasteiger partial charge >= 0.3 is 0 Å². The van der Waals surface area contributed by atoms with E-state index in [1.165, 1.54) is 32.4 Å². The van der Waals surface area contributed by atoms with Crippen molar-refractivity contribution in [1.82, 2.24) is 14.9 Å². The van der Waals surface area contributed by atoms with Gasteiger partial charge in [-0.05, 0) is 31.7 Å². The van der Waals surface area contributed by atoms with Crippen LogP contribution in [0.1, 0.15) is 30.9 Å². The van der Waals surface area contributed by atoms with Gasteiger partial charge < -0.3 is 15.5 Å². The molecule has 3 fully saturated rings. The van der Waals surface area contributed by atoms with Crippen molar-refractivity contribution in [2.24, 2.45) is 11.8 Å². The maximum Gasteiger partial charge on any atom is 0.222 e. The largest absolute Gasteiger partial charge is 0.368 e. The molecule has 108 valence electrons. The molecule has 2 N–H and O–H groups in total. The normalized spacial score (nSPS) is 30.6. The van der Waals surface area contributed by atoms with Crippen LogP contribution in [0.25, 0.3) is 0 Å². The number of likely N-dealkylation sites (tertiary alicyclic amines) is 1. The fraction of sp³-hybridized carbons (Fsp3) is 0.733. The maximum atomic E-state index is 5.92. The highest BCUT2D eigenvalue weighted by Gasteiger charge is 2.39. The highest BCUT2D eigenvalue weighted by atomic mass is 15.3. The zero-order chi connectivity index (χ0) is 13.7. The standard InChI is InChI=1S/C15H23N5/c1-19-6-11-8-20(9-12(11)7-19)14-5-13(10-3-2-4-10)17-15(16)18-14/h5,10-12H,2-4,6-9H2,1H3,(H2,16,17,18). The predicted molar refractivity (Wildman–Crippen MR) is 79.7 cm³/mol. The molecule has 5 nitrogen and oxygen atoms in total. The molecule has 2 saturated heterocycles. The molecule has 1 aliphatic carbocycles. The topological polar surface area (TPSA) is 58.3 Å². The summed E-state index contributed by atoms with van der Waals surface area (Å²) in [5.41, 5.74) is 7.08. The Morgan fingerprint density at radius 2 is 1.80 bits per heavy atom. The number of nitrogens with zero attached hydrogens (tertiary/aromatic N) is 4. The Bertz CT molecular complexity index is 499. The Morgan fingerprint density at radius 1 is 1.10 bits per heavy atom. The van der Waals surface area contributed by atoms with Crippen molar-refractivity contribution in [3.63, 3.8) is 0 Å². The van der Waals surface area contributed by atoms with Crippen LogP contribution in [0.5, 0.6) is 0 Å². The van der Waals surface area contributed by atoms with Crippen LogP contribution >= 0.6 is 0 Å². The number of nitrogens with two attached hydrogens (primary N) is 1. The third kappa shape index (κ3) is 2.04. The molecule has 2 atom stereocenters. The Labute approximate surface area is 120 Å². The summed E-state index contributed by atoms with van der Waals surface area (Å²) in [5, 5.41) is 0. The van der Waals surface area contributed by atoms with E-state index >= 15 is 0 Å². The fourth-order valence-electron chi connectivity index (χ4n) is 3.96. The predicted octanol–water partition coefficient (Wildman–Crippen LogP) is 1.32. The van der Waals surface area contributed by atoms with Gasteiger partial charge in [-0.25, -0.2) is 4.98 Å². The molecule has 2 unspecified atom stereocenters. The van der Waals surface area contributed by atoms with E-state index in [2.05, 4.69) is 32.9 Å². The van der Waals surface area contributed by atoms with Gasteiger partial charge in [0.15, 0.2) is 0 Å².